The number of carbonyl (C=O) groups is 1. The molecule has 0 bridgehead atoms. The lowest BCUT2D eigenvalue weighted by atomic mass is 10.1. The number of benzene rings is 2. The summed E-state index contributed by atoms with van der Waals surface area (Å²) in [4.78, 5) is 24.7. The van der Waals surface area contributed by atoms with Crippen molar-refractivity contribution in [1.82, 2.24) is 0 Å². The second kappa shape index (κ2) is 6.56. The van der Waals surface area contributed by atoms with E-state index in [2.05, 4.69) is 0 Å². The van der Waals surface area contributed by atoms with Gasteiger partial charge in [0.2, 0.25) is 5.91 Å². The topological polar surface area (TPSA) is 63.5 Å². The molecule has 1 aliphatic rings. The highest BCUT2D eigenvalue weighted by molar-refractivity contribution is 8.00. The molecule has 0 spiro atoms. The fraction of sp³-hybridized carbons (Fsp3) is 0.188. The fourth-order valence-corrected chi connectivity index (χ4v) is 3.35. The number of non-ortho nitro benzene ring substituents is 1. The van der Waals surface area contributed by atoms with Crippen LogP contribution in [0.4, 0.5) is 20.2 Å². The number of amides is 1. The maximum absolute atomic E-state index is 13.2. The Balaban J connectivity index is 1.69. The lowest BCUT2D eigenvalue weighted by molar-refractivity contribution is -0.384. The molecule has 8 heteroatoms. The summed E-state index contributed by atoms with van der Waals surface area (Å²) in [6, 6.07) is 7.90. The molecule has 1 amide bonds. The Morgan fingerprint density at radius 3 is 2.71 bits per heavy atom. The van der Waals surface area contributed by atoms with Gasteiger partial charge in [-0.05, 0) is 36.2 Å². The lowest BCUT2D eigenvalue weighted by Gasteiger charge is -2.17. The van der Waals surface area contributed by atoms with Gasteiger partial charge in [0.15, 0.2) is 11.6 Å². The Bertz CT molecular complexity index is 829. The Labute approximate surface area is 140 Å². The smallest absolute Gasteiger partial charge is 0.269 e. The molecule has 1 heterocycles. The van der Waals surface area contributed by atoms with Crippen LogP contribution in [0.25, 0.3) is 0 Å². The highest BCUT2D eigenvalue weighted by Crippen LogP contribution is 2.32. The summed E-state index contributed by atoms with van der Waals surface area (Å²) in [5.41, 5.74) is 1.42. The second-order valence-electron chi connectivity index (χ2n) is 5.23. The van der Waals surface area contributed by atoms with Gasteiger partial charge in [0, 0.05) is 29.3 Å². The number of thioether (sulfide) groups is 1. The summed E-state index contributed by atoms with van der Waals surface area (Å²) in [5.74, 6) is -1.99. The molecular weight excluding hydrogens is 338 g/mol. The van der Waals surface area contributed by atoms with E-state index in [-0.39, 0.29) is 17.3 Å². The highest BCUT2D eigenvalue weighted by atomic mass is 32.2. The lowest BCUT2D eigenvalue weighted by Crippen LogP contribution is -2.30. The van der Waals surface area contributed by atoms with E-state index in [1.807, 2.05) is 0 Å². The van der Waals surface area contributed by atoms with Gasteiger partial charge in [-0.1, -0.05) is 0 Å². The van der Waals surface area contributed by atoms with Crippen molar-refractivity contribution in [2.45, 2.75) is 11.3 Å². The van der Waals surface area contributed by atoms with Crippen molar-refractivity contribution in [2.75, 3.05) is 17.2 Å². The SMILES string of the molecule is O=C(CSc1ccc(F)c(F)c1)N1CCc2cc([N+](=O)[O-])ccc21. The van der Waals surface area contributed by atoms with E-state index in [4.69, 9.17) is 0 Å². The number of nitro groups is 1. The van der Waals surface area contributed by atoms with Crippen molar-refractivity contribution in [3.05, 3.63) is 63.7 Å². The van der Waals surface area contributed by atoms with Crippen LogP contribution in [0, 0.1) is 21.7 Å². The zero-order valence-electron chi connectivity index (χ0n) is 12.4. The molecule has 0 fully saturated rings. The van der Waals surface area contributed by atoms with E-state index in [1.165, 1.54) is 18.2 Å². The third-order valence-corrected chi connectivity index (χ3v) is 4.70. The largest absolute Gasteiger partial charge is 0.311 e. The van der Waals surface area contributed by atoms with Gasteiger partial charge in [0.05, 0.1) is 10.7 Å². The summed E-state index contributed by atoms with van der Waals surface area (Å²) in [6.07, 6.45) is 0.554. The summed E-state index contributed by atoms with van der Waals surface area (Å²) in [7, 11) is 0. The van der Waals surface area contributed by atoms with Crippen LogP contribution >= 0.6 is 11.8 Å². The summed E-state index contributed by atoms with van der Waals surface area (Å²) in [5, 5.41) is 10.8. The van der Waals surface area contributed by atoms with Gasteiger partial charge in [-0.25, -0.2) is 8.78 Å². The first-order valence-electron chi connectivity index (χ1n) is 7.11. The zero-order valence-corrected chi connectivity index (χ0v) is 13.2. The van der Waals surface area contributed by atoms with Crippen molar-refractivity contribution in [3.8, 4) is 0 Å². The van der Waals surface area contributed by atoms with Crippen molar-refractivity contribution < 1.29 is 18.5 Å². The van der Waals surface area contributed by atoms with Crippen LogP contribution < -0.4 is 4.90 Å². The molecule has 5 nitrogen and oxygen atoms in total. The first-order chi connectivity index (χ1) is 11.5. The minimum Gasteiger partial charge on any atom is -0.311 e. The molecule has 2 aromatic carbocycles. The molecule has 0 aromatic heterocycles. The first-order valence-corrected chi connectivity index (χ1v) is 8.10. The third kappa shape index (κ3) is 3.23. The van der Waals surface area contributed by atoms with Gasteiger partial charge >= 0.3 is 0 Å². The zero-order chi connectivity index (χ0) is 17.3. The molecule has 124 valence electrons. The molecule has 0 unspecified atom stereocenters. The van der Waals surface area contributed by atoms with Gasteiger partial charge in [-0.3, -0.25) is 14.9 Å². The highest BCUT2D eigenvalue weighted by Gasteiger charge is 2.26. The monoisotopic (exact) mass is 350 g/mol. The van der Waals surface area contributed by atoms with Gasteiger partial charge in [-0.2, -0.15) is 0 Å². The minimum atomic E-state index is -0.953. The standard InChI is InChI=1S/C16H12F2N2O3S/c17-13-3-2-12(8-14(13)18)24-9-16(21)19-6-5-10-7-11(20(22)23)1-4-15(10)19/h1-4,7-8H,5-6,9H2. The normalized spacial score (nSPS) is 13.0. The number of nitro benzene ring substituents is 1. The van der Waals surface area contributed by atoms with Crippen molar-refractivity contribution in [1.29, 1.82) is 0 Å². The number of fused-ring (bicyclic) bond motifs is 1. The van der Waals surface area contributed by atoms with E-state index in [0.29, 0.717) is 23.5 Å². The molecule has 1 aliphatic heterocycles. The quantitative estimate of drug-likeness (QED) is 0.481. The van der Waals surface area contributed by atoms with Crippen LogP contribution in [0.1, 0.15) is 5.56 Å². The Morgan fingerprint density at radius 1 is 1.21 bits per heavy atom. The van der Waals surface area contributed by atoms with Gasteiger partial charge in [0.1, 0.15) is 0 Å². The first kappa shape index (κ1) is 16.4. The molecule has 0 aliphatic carbocycles. The van der Waals surface area contributed by atoms with Crippen LogP contribution in [0.5, 0.6) is 0 Å². The number of nitrogens with zero attached hydrogens (tertiary/aromatic N) is 2. The van der Waals surface area contributed by atoms with Crippen LogP contribution in [-0.2, 0) is 11.2 Å². The van der Waals surface area contributed by atoms with Crippen LogP contribution in [0.3, 0.4) is 0 Å². The van der Waals surface area contributed by atoms with Crippen LogP contribution in [0.2, 0.25) is 0 Å². The van der Waals surface area contributed by atoms with Crippen molar-refractivity contribution >= 4 is 29.0 Å². The van der Waals surface area contributed by atoms with Gasteiger partial charge in [0.25, 0.3) is 5.69 Å². The summed E-state index contributed by atoms with van der Waals surface area (Å²) < 4.78 is 26.1. The molecule has 2 aromatic rings. The van der Waals surface area contributed by atoms with E-state index >= 15 is 0 Å². The summed E-state index contributed by atoms with van der Waals surface area (Å²) in [6.45, 7) is 0.452. The minimum absolute atomic E-state index is 0.000730. The van der Waals surface area contributed by atoms with E-state index in [0.717, 1.165) is 29.5 Å². The number of anilines is 1. The Morgan fingerprint density at radius 2 is 2.00 bits per heavy atom. The number of hydrogen-bond donors (Lipinski definition) is 0. The van der Waals surface area contributed by atoms with Gasteiger partial charge in [-0.15, -0.1) is 11.8 Å². The van der Waals surface area contributed by atoms with E-state index < -0.39 is 16.6 Å². The number of halogens is 2. The average Bonchev–Trinajstić information content (AvgIpc) is 2.98. The molecule has 24 heavy (non-hydrogen) atoms. The van der Waals surface area contributed by atoms with Crippen molar-refractivity contribution in [3.63, 3.8) is 0 Å². The fourth-order valence-electron chi connectivity index (χ4n) is 2.55. The molecule has 0 saturated heterocycles. The molecule has 0 N–H and O–H groups in total. The molecule has 0 saturated carbocycles. The maximum Gasteiger partial charge on any atom is 0.269 e. The van der Waals surface area contributed by atoms with E-state index in [1.54, 1.807) is 11.0 Å². The van der Waals surface area contributed by atoms with Crippen LogP contribution in [0.15, 0.2) is 41.3 Å². The van der Waals surface area contributed by atoms with E-state index in [9.17, 15) is 23.7 Å². The maximum atomic E-state index is 13.2. The summed E-state index contributed by atoms with van der Waals surface area (Å²) >= 11 is 1.11. The Hall–Kier alpha value is -2.48. The molecule has 0 radical (unpaired) electrons. The predicted octanol–water partition coefficient (Wildman–Crippen LogP) is 3.55. The van der Waals surface area contributed by atoms with Crippen LogP contribution in [-0.4, -0.2) is 23.1 Å². The second-order valence-corrected chi connectivity index (χ2v) is 6.28. The molecular formula is C16H12F2N2O3S. The molecule has 0 atom stereocenters. The Kier molecular flexibility index (Phi) is 4.48. The predicted molar refractivity (Wildman–Crippen MR) is 86.2 cm³/mol. The molecule has 3 rings (SSSR count). The third-order valence-electron chi connectivity index (χ3n) is 3.72. The number of rotatable bonds is 4. The van der Waals surface area contributed by atoms with Crippen molar-refractivity contribution in [2.24, 2.45) is 0 Å². The number of hydrogen-bond acceptors (Lipinski definition) is 4. The number of carbonyl (C=O) groups excluding carboxylic acids is 1. The van der Waals surface area contributed by atoms with Gasteiger partial charge < -0.3 is 4.90 Å². The average molecular weight is 350 g/mol.